The molecule has 1 saturated carbocycles. The van der Waals surface area contributed by atoms with Gasteiger partial charge in [0.05, 0.1) is 12.2 Å². The maximum absolute atomic E-state index is 12.0. The van der Waals surface area contributed by atoms with Gasteiger partial charge in [0.1, 0.15) is 5.75 Å². The summed E-state index contributed by atoms with van der Waals surface area (Å²) in [6, 6.07) is 6.93. The third-order valence-electron chi connectivity index (χ3n) is 4.17. The Morgan fingerprint density at radius 2 is 2.04 bits per heavy atom. The van der Waals surface area contributed by atoms with Crippen LogP contribution in [0.25, 0.3) is 0 Å². The Morgan fingerprint density at radius 3 is 2.78 bits per heavy atom. The van der Waals surface area contributed by atoms with Crippen molar-refractivity contribution in [2.75, 3.05) is 13.2 Å². The summed E-state index contributed by atoms with van der Waals surface area (Å²) >= 11 is 0. The van der Waals surface area contributed by atoms with Gasteiger partial charge in [0.2, 0.25) is 0 Å². The molecule has 1 aromatic rings. The quantitative estimate of drug-likeness (QED) is 0.819. The minimum absolute atomic E-state index is 0.0461. The van der Waals surface area contributed by atoms with Gasteiger partial charge in [-0.15, -0.1) is 0 Å². The third-order valence-corrected chi connectivity index (χ3v) is 4.17. The van der Waals surface area contributed by atoms with Gasteiger partial charge in [-0.05, 0) is 43.9 Å². The highest BCUT2D eigenvalue weighted by molar-refractivity contribution is 5.89. The van der Waals surface area contributed by atoms with Gasteiger partial charge in [-0.25, -0.2) is 4.79 Å². The van der Waals surface area contributed by atoms with Crippen molar-refractivity contribution < 1.29 is 19.1 Å². The minimum atomic E-state index is -0.390. The Labute approximate surface area is 137 Å². The van der Waals surface area contributed by atoms with Gasteiger partial charge in [0.15, 0.2) is 6.61 Å². The van der Waals surface area contributed by atoms with Crippen molar-refractivity contribution in [2.24, 2.45) is 5.92 Å². The van der Waals surface area contributed by atoms with Crippen LogP contribution in [-0.2, 0) is 9.53 Å². The fourth-order valence-electron chi connectivity index (χ4n) is 2.86. The van der Waals surface area contributed by atoms with Gasteiger partial charge < -0.3 is 14.8 Å². The standard InChI is InChI=1S/C18H25NO4/c1-3-22-18(21)14-8-6-9-15(11-14)23-12-17(20)19-16-10-5-4-7-13(16)2/h6,8-9,11,13,16H,3-5,7,10,12H2,1-2H3,(H,19,20)/t13-,16-/m0/s1. The predicted octanol–water partition coefficient (Wildman–Crippen LogP) is 2.94. The number of rotatable bonds is 6. The molecule has 0 radical (unpaired) electrons. The molecule has 1 aliphatic rings. The molecule has 0 unspecified atom stereocenters. The Bertz CT molecular complexity index is 544. The molecule has 1 N–H and O–H groups in total. The van der Waals surface area contributed by atoms with Crippen molar-refractivity contribution in [3.05, 3.63) is 29.8 Å². The van der Waals surface area contributed by atoms with Gasteiger partial charge in [0, 0.05) is 6.04 Å². The molecule has 0 saturated heterocycles. The highest BCUT2D eigenvalue weighted by Crippen LogP contribution is 2.23. The summed E-state index contributed by atoms with van der Waals surface area (Å²) in [6.45, 7) is 4.21. The smallest absolute Gasteiger partial charge is 0.338 e. The summed E-state index contributed by atoms with van der Waals surface area (Å²) in [5, 5.41) is 3.04. The topological polar surface area (TPSA) is 64.6 Å². The second kappa shape index (κ2) is 8.56. The molecule has 0 heterocycles. The van der Waals surface area contributed by atoms with Crippen LogP contribution in [0.5, 0.6) is 5.75 Å². The second-order valence-electron chi connectivity index (χ2n) is 5.97. The first-order valence-electron chi connectivity index (χ1n) is 8.29. The normalized spacial score (nSPS) is 20.6. The Kier molecular flexibility index (Phi) is 6.44. The van der Waals surface area contributed by atoms with Crippen LogP contribution >= 0.6 is 0 Å². The van der Waals surface area contributed by atoms with Crippen molar-refractivity contribution in [3.8, 4) is 5.75 Å². The number of esters is 1. The SMILES string of the molecule is CCOC(=O)c1cccc(OCC(=O)N[C@H]2CCCC[C@@H]2C)c1. The Balaban J connectivity index is 1.84. The van der Waals surface area contributed by atoms with Crippen LogP contribution in [0.4, 0.5) is 0 Å². The predicted molar refractivity (Wildman–Crippen MR) is 87.5 cm³/mol. The molecule has 5 nitrogen and oxygen atoms in total. The average molecular weight is 319 g/mol. The number of ether oxygens (including phenoxy) is 2. The number of nitrogens with one attached hydrogen (secondary N) is 1. The number of hydrogen-bond acceptors (Lipinski definition) is 4. The van der Waals surface area contributed by atoms with E-state index in [1.165, 1.54) is 6.42 Å². The van der Waals surface area contributed by atoms with E-state index in [0.717, 1.165) is 19.3 Å². The van der Waals surface area contributed by atoms with Crippen molar-refractivity contribution in [2.45, 2.75) is 45.6 Å². The summed E-state index contributed by atoms with van der Waals surface area (Å²) in [5.74, 6) is 0.492. The lowest BCUT2D eigenvalue weighted by Gasteiger charge is -2.29. The molecule has 5 heteroatoms. The molecule has 2 rings (SSSR count). The molecule has 23 heavy (non-hydrogen) atoms. The summed E-state index contributed by atoms with van der Waals surface area (Å²) in [6.07, 6.45) is 4.60. The van der Waals surface area contributed by atoms with Gasteiger partial charge in [-0.1, -0.05) is 25.8 Å². The zero-order valence-corrected chi connectivity index (χ0v) is 13.8. The van der Waals surface area contributed by atoms with Crippen molar-refractivity contribution in [1.82, 2.24) is 5.32 Å². The van der Waals surface area contributed by atoms with Crippen LogP contribution in [0.1, 0.15) is 49.9 Å². The monoisotopic (exact) mass is 319 g/mol. The third kappa shape index (κ3) is 5.27. The zero-order valence-electron chi connectivity index (χ0n) is 13.8. The molecule has 1 fully saturated rings. The first-order chi connectivity index (χ1) is 11.1. The van der Waals surface area contributed by atoms with E-state index in [-0.39, 0.29) is 18.6 Å². The highest BCUT2D eigenvalue weighted by Gasteiger charge is 2.22. The van der Waals surface area contributed by atoms with Crippen LogP contribution in [0.3, 0.4) is 0 Å². The van der Waals surface area contributed by atoms with Gasteiger partial charge in [-0.2, -0.15) is 0 Å². The minimum Gasteiger partial charge on any atom is -0.484 e. The molecule has 1 aromatic carbocycles. The number of hydrogen-bond donors (Lipinski definition) is 1. The number of benzene rings is 1. The first-order valence-corrected chi connectivity index (χ1v) is 8.29. The molecule has 2 atom stereocenters. The van der Waals surface area contributed by atoms with Gasteiger partial charge in [0.25, 0.3) is 5.91 Å². The zero-order chi connectivity index (χ0) is 16.7. The lowest BCUT2D eigenvalue weighted by Crippen LogP contribution is -2.43. The van der Waals surface area contributed by atoms with E-state index in [4.69, 9.17) is 9.47 Å². The van der Waals surface area contributed by atoms with E-state index in [9.17, 15) is 9.59 Å². The highest BCUT2D eigenvalue weighted by atomic mass is 16.5. The first kappa shape index (κ1) is 17.3. The fraction of sp³-hybridized carbons (Fsp3) is 0.556. The largest absolute Gasteiger partial charge is 0.484 e. The molecule has 0 bridgehead atoms. The summed E-state index contributed by atoms with van der Waals surface area (Å²) in [4.78, 5) is 23.7. The number of carbonyl (C=O) groups excluding carboxylic acids is 2. The second-order valence-corrected chi connectivity index (χ2v) is 5.97. The lowest BCUT2D eigenvalue weighted by atomic mass is 9.86. The maximum atomic E-state index is 12.0. The van der Waals surface area contributed by atoms with Crippen LogP contribution in [0.15, 0.2) is 24.3 Å². The molecule has 1 amide bonds. The van der Waals surface area contributed by atoms with Crippen molar-refractivity contribution in [1.29, 1.82) is 0 Å². The molecule has 0 spiro atoms. The molecular formula is C18H25NO4. The summed E-state index contributed by atoms with van der Waals surface area (Å²) in [7, 11) is 0. The van der Waals surface area contributed by atoms with Crippen molar-refractivity contribution >= 4 is 11.9 Å². The van der Waals surface area contributed by atoms with E-state index >= 15 is 0 Å². The number of amides is 1. The molecule has 1 aliphatic carbocycles. The van der Waals surface area contributed by atoms with Crippen LogP contribution < -0.4 is 10.1 Å². The van der Waals surface area contributed by atoms with Gasteiger partial charge in [-0.3, -0.25) is 4.79 Å². The van der Waals surface area contributed by atoms with Crippen molar-refractivity contribution in [3.63, 3.8) is 0 Å². The van der Waals surface area contributed by atoms with Crippen LogP contribution in [0.2, 0.25) is 0 Å². The fourth-order valence-corrected chi connectivity index (χ4v) is 2.86. The Hall–Kier alpha value is -2.04. The molecule has 0 aromatic heterocycles. The van der Waals surface area contributed by atoms with E-state index in [1.807, 2.05) is 0 Å². The van der Waals surface area contributed by atoms with Crippen LogP contribution in [-0.4, -0.2) is 31.1 Å². The molecule has 0 aliphatic heterocycles. The average Bonchev–Trinajstić information content (AvgIpc) is 2.56. The maximum Gasteiger partial charge on any atom is 0.338 e. The van der Waals surface area contributed by atoms with Gasteiger partial charge >= 0.3 is 5.97 Å². The molecular weight excluding hydrogens is 294 g/mol. The number of carbonyl (C=O) groups is 2. The Morgan fingerprint density at radius 1 is 1.26 bits per heavy atom. The van der Waals surface area contributed by atoms with Crippen LogP contribution in [0, 0.1) is 5.92 Å². The van der Waals surface area contributed by atoms with E-state index < -0.39 is 5.97 Å². The summed E-state index contributed by atoms with van der Waals surface area (Å²) in [5.41, 5.74) is 0.422. The molecule has 126 valence electrons. The van der Waals surface area contributed by atoms with E-state index in [1.54, 1.807) is 31.2 Å². The summed E-state index contributed by atoms with van der Waals surface area (Å²) < 4.78 is 10.4. The van der Waals surface area contributed by atoms with E-state index in [0.29, 0.717) is 23.8 Å². The lowest BCUT2D eigenvalue weighted by molar-refractivity contribution is -0.124. The van der Waals surface area contributed by atoms with E-state index in [2.05, 4.69) is 12.2 Å².